The van der Waals surface area contributed by atoms with Crippen molar-refractivity contribution in [1.29, 1.82) is 0 Å². The van der Waals surface area contributed by atoms with Crippen molar-refractivity contribution in [3.05, 3.63) is 23.9 Å². The number of thioether (sulfide) groups is 1. The molecule has 12 heteroatoms. The van der Waals surface area contributed by atoms with Gasteiger partial charge in [0, 0.05) is 6.54 Å². The molecule has 0 aliphatic carbocycles. The SMILES string of the molecule is C=CC1=C(C(=O)[O-])N2CCC2SC1=O.O=P([O-])(O)O.[NH4+].[NH4+]. The zero-order chi connectivity index (χ0) is 14.8. The van der Waals surface area contributed by atoms with Gasteiger partial charge < -0.3 is 41.8 Å². The third-order valence-electron chi connectivity index (χ3n) is 2.37. The Morgan fingerprint density at radius 2 is 1.95 bits per heavy atom. The van der Waals surface area contributed by atoms with Crippen LogP contribution in [0.15, 0.2) is 23.9 Å². The number of carboxylic acid groups (broad SMARTS) is 1. The van der Waals surface area contributed by atoms with Crippen molar-refractivity contribution >= 4 is 30.7 Å². The number of phosphoric acid groups is 1. The molecule has 21 heavy (non-hydrogen) atoms. The van der Waals surface area contributed by atoms with Crippen LogP contribution in [0.5, 0.6) is 0 Å². The minimum Gasteiger partial charge on any atom is -0.756 e. The van der Waals surface area contributed by atoms with Crippen molar-refractivity contribution in [3.8, 4) is 0 Å². The summed E-state index contributed by atoms with van der Waals surface area (Å²) in [4.78, 5) is 46.9. The highest BCUT2D eigenvalue weighted by Gasteiger charge is 2.39. The number of aliphatic carboxylic acids is 1. The van der Waals surface area contributed by atoms with Crippen LogP contribution >= 0.6 is 19.6 Å². The van der Waals surface area contributed by atoms with Crippen LogP contribution in [0.1, 0.15) is 6.42 Å². The Labute approximate surface area is 124 Å². The minimum absolute atomic E-state index is 0. The Morgan fingerprint density at radius 3 is 2.24 bits per heavy atom. The third-order valence-corrected chi connectivity index (χ3v) is 3.56. The molecule has 0 aromatic heterocycles. The molecule has 2 heterocycles. The van der Waals surface area contributed by atoms with Crippen LogP contribution in [0.2, 0.25) is 0 Å². The summed E-state index contributed by atoms with van der Waals surface area (Å²) in [5, 5.41) is 10.6. The van der Waals surface area contributed by atoms with Crippen molar-refractivity contribution in [2.45, 2.75) is 11.8 Å². The molecule has 0 spiro atoms. The number of carbonyl (C=O) groups excluding carboxylic acids is 2. The third kappa shape index (κ3) is 5.98. The lowest BCUT2D eigenvalue weighted by Crippen LogP contribution is -2.52. The van der Waals surface area contributed by atoms with Crippen LogP contribution in [-0.4, -0.2) is 37.7 Å². The van der Waals surface area contributed by atoms with Crippen LogP contribution in [0.3, 0.4) is 0 Å². The zero-order valence-corrected chi connectivity index (χ0v) is 13.2. The Hall–Kier alpha value is -1.20. The predicted molar refractivity (Wildman–Crippen MR) is 74.0 cm³/mol. The maximum Gasteiger partial charge on any atom is 0.262 e. The Bertz CT molecular complexity index is 495. The molecule has 2 rings (SSSR count). The van der Waals surface area contributed by atoms with Gasteiger partial charge in [0.25, 0.3) is 7.82 Å². The first-order chi connectivity index (χ1) is 8.65. The van der Waals surface area contributed by atoms with E-state index in [0.29, 0.717) is 6.54 Å². The van der Waals surface area contributed by atoms with Crippen molar-refractivity contribution in [2.24, 2.45) is 0 Å². The van der Waals surface area contributed by atoms with Crippen LogP contribution in [0.25, 0.3) is 0 Å². The normalized spacial score (nSPS) is 19.9. The number of fused-ring (bicyclic) bond motifs is 1. The summed E-state index contributed by atoms with van der Waals surface area (Å²) in [7, 11) is -4.89. The average Bonchev–Trinajstić information content (AvgIpc) is 2.20. The number of hydrogen-bond donors (Lipinski definition) is 4. The van der Waals surface area contributed by atoms with E-state index >= 15 is 0 Å². The van der Waals surface area contributed by atoms with Gasteiger partial charge in [0.2, 0.25) is 5.12 Å². The molecule has 1 atom stereocenters. The molecule has 1 unspecified atom stereocenters. The second-order valence-corrected chi connectivity index (χ2v) is 5.72. The lowest BCUT2D eigenvalue weighted by atomic mass is 10.1. The van der Waals surface area contributed by atoms with Gasteiger partial charge in [-0.05, 0) is 6.42 Å². The second kappa shape index (κ2) is 8.29. The fourth-order valence-electron chi connectivity index (χ4n) is 1.59. The summed E-state index contributed by atoms with van der Waals surface area (Å²) >= 11 is 1.16. The molecule has 122 valence electrons. The Balaban J connectivity index is 0. The molecule has 0 aromatic carbocycles. The zero-order valence-electron chi connectivity index (χ0n) is 11.5. The van der Waals surface area contributed by atoms with Gasteiger partial charge in [-0.15, -0.1) is 0 Å². The number of quaternary nitrogens is 2. The quantitative estimate of drug-likeness (QED) is 0.436. The summed E-state index contributed by atoms with van der Waals surface area (Å²) < 4.78 is 8.77. The number of carbonyl (C=O) groups is 2. The topological polar surface area (TPSA) is 214 Å². The first kappa shape index (κ1) is 22.1. The lowest BCUT2D eigenvalue weighted by Gasteiger charge is -2.46. The van der Waals surface area contributed by atoms with Gasteiger partial charge >= 0.3 is 0 Å². The number of nitrogens with zero attached hydrogens (tertiary/aromatic N) is 1. The van der Waals surface area contributed by atoms with Gasteiger partial charge in [-0.3, -0.25) is 9.36 Å². The van der Waals surface area contributed by atoms with E-state index in [-0.39, 0.29) is 34.1 Å². The number of hydrogen-bond acceptors (Lipinski definition) is 7. The summed E-state index contributed by atoms with van der Waals surface area (Å²) in [5.41, 5.74) is 0.158. The predicted octanol–water partition coefficient (Wildman–Crippen LogP) is -1.33. The first-order valence-electron chi connectivity index (χ1n) is 4.97. The molecule has 0 amide bonds. The standard InChI is InChI=1S/C9H9NO3S.2H3N.H3O4P/c1-2-5-7(8(11)12)10-4-3-6(10)14-9(5)13;;;1-5(2,3)4/h2,6H,1,3-4H2,(H,11,12);2*1H3;(H3,1,2,3,4). The highest BCUT2D eigenvalue weighted by Crippen LogP contribution is 2.39. The Kier molecular flexibility index (Phi) is 8.72. The van der Waals surface area contributed by atoms with E-state index in [1.54, 1.807) is 4.90 Å². The highest BCUT2D eigenvalue weighted by atomic mass is 32.2. The van der Waals surface area contributed by atoms with E-state index in [1.165, 1.54) is 6.08 Å². The van der Waals surface area contributed by atoms with E-state index in [4.69, 9.17) is 19.2 Å². The molecule has 10 N–H and O–H groups in total. The van der Waals surface area contributed by atoms with Crippen molar-refractivity contribution in [3.63, 3.8) is 0 Å². The summed E-state index contributed by atoms with van der Waals surface area (Å²) in [6.07, 6.45) is 2.13. The number of allylic oxidation sites excluding steroid dienone is 1. The van der Waals surface area contributed by atoms with Gasteiger partial charge in [0.15, 0.2) is 0 Å². The van der Waals surface area contributed by atoms with E-state index in [0.717, 1.165) is 18.2 Å². The van der Waals surface area contributed by atoms with Gasteiger partial charge in [-0.1, -0.05) is 24.4 Å². The summed E-state index contributed by atoms with van der Waals surface area (Å²) in [6, 6.07) is 0. The van der Waals surface area contributed by atoms with Crippen LogP contribution in [-0.2, 0) is 14.2 Å². The minimum atomic E-state index is -4.89. The molecule has 0 aromatic rings. The second-order valence-electron chi connectivity index (χ2n) is 3.59. The van der Waals surface area contributed by atoms with Gasteiger partial charge in [-0.25, -0.2) is 0 Å². The molecule has 0 radical (unpaired) electrons. The monoisotopic (exact) mass is 343 g/mol. The largest absolute Gasteiger partial charge is 0.756 e. The van der Waals surface area contributed by atoms with Crippen LogP contribution in [0, 0.1) is 0 Å². The van der Waals surface area contributed by atoms with Crippen molar-refractivity contribution < 1.29 is 33.9 Å². The van der Waals surface area contributed by atoms with Crippen LogP contribution < -0.4 is 22.3 Å². The maximum atomic E-state index is 11.4. The summed E-state index contributed by atoms with van der Waals surface area (Å²) in [5.74, 6) is -1.29. The number of carboxylic acids is 1. The van der Waals surface area contributed by atoms with Crippen molar-refractivity contribution in [2.75, 3.05) is 6.54 Å². The lowest BCUT2D eigenvalue weighted by molar-refractivity contribution is -0.301. The molecule has 10 nitrogen and oxygen atoms in total. The van der Waals surface area contributed by atoms with E-state index in [2.05, 4.69) is 6.58 Å². The molecule has 0 saturated carbocycles. The van der Waals surface area contributed by atoms with Gasteiger partial charge in [0.1, 0.15) is 0 Å². The smallest absolute Gasteiger partial charge is 0.262 e. The fraction of sp³-hybridized carbons (Fsp3) is 0.333. The van der Waals surface area contributed by atoms with E-state index < -0.39 is 13.8 Å². The molecule has 1 fully saturated rings. The van der Waals surface area contributed by atoms with E-state index in [1.807, 2.05) is 0 Å². The van der Waals surface area contributed by atoms with E-state index in [9.17, 15) is 14.7 Å². The van der Waals surface area contributed by atoms with Crippen molar-refractivity contribution in [1.82, 2.24) is 17.2 Å². The fourth-order valence-corrected chi connectivity index (χ4v) is 2.70. The number of rotatable bonds is 2. The molecular weight excluding hydrogens is 325 g/mol. The molecule has 2 aliphatic rings. The highest BCUT2D eigenvalue weighted by molar-refractivity contribution is 8.14. The maximum absolute atomic E-state index is 11.4. The summed E-state index contributed by atoms with van der Waals surface area (Å²) in [6.45, 7) is 4.11. The Morgan fingerprint density at radius 1 is 1.48 bits per heavy atom. The molecular formula is C9H18N3O7PS. The van der Waals surface area contributed by atoms with Gasteiger partial charge in [0.05, 0.1) is 22.6 Å². The molecule has 0 bridgehead atoms. The van der Waals surface area contributed by atoms with Gasteiger partial charge in [-0.2, -0.15) is 0 Å². The molecule has 1 saturated heterocycles. The molecule has 2 aliphatic heterocycles. The first-order valence-corrected chi connectivity index (χ1v) is 7.38. The van der Waals surface area contributed by atoms with Crippen LogP contribution in [0.4, 0.5) is 0 Å². The average molecular weight is 343 g/mol.